The maximum absolute atomic E-state index is 11.3. The Labute approximate surface area is 106 Å². The number of aliphatic carboxylic acids is 1. The summed E-state index contributed by atoms with van der Waals surface area (Å²) in [4.78, 5) is 17.2. The normalized spacial score (nSPS) is 19.9. The average Bonchev–Trinajstić information content (AvgIpc) is 2.64. The van der Waals surface area contributed by atoms with Gasteiger partial charge in [-0.05, 0) is 25.0 Å². The number of pyridine rings is 1. The van der Waals surface area contributed by atoms with E-state index in [0.717, 1.165) is 19.3 Å². The SMILES string of the molecule is N#Cc1ncccc1N1CCCCCC1C(=O)O. The van der Waals surface area contributed by atoms with E-state index in [2.05, 4.69) is 4.98 Å². The van der Waals surface area contributed by atoms with Crippen LogP contribution in [-0.4, -0.2) is 28.6 Å². The topological polar surface area (TPSA) is 77.2 Å². The molecule has 0 bridgehead atoms. The highest BCUT2D eigenvalue weighted by Crippen LogP contribution is 2.26. The van der Waals surface area contributed by atoms with Gasteiger partial charge in [-0.1, -0.05) is 12.8 Å². The van der Waals surface area contributed by atoms with Gasteiger partial charge in [-0.3, -0.25) is 0 Å². The van der Waals surface area contributed by atoms with Crippen LogP contribution in [0.5, 0.6) is 0 Å². The molecule has 1 aliphatic heterocycles. The second-order valence-electron chi connectivity index (χ2n) is 4.38. The number of hydrogen-bond acceptors (Lipinski definition) is 4. The van der Waals surface area contributed by atoms with Gasteiger partial charge in [0, 0.05) is 12.7 Å². The molecule has 0 amide bonds. The van der Waals surface area contributed by atoms with Crippen LogP contribution in [0.2, 0.25) is 0 Å². The fraction of sp³-hybridized carbons (Fsp3) is 0.462. The van der Waals surface area contributed by atoms with Crippen molar-refractivity contribution in [2.45, 2.75) is 31.7 Å². The third-order valence-electron chi connectivity index (χ3n) is 3.24. The van der Waals surface area contributed by atoms with Gasteiger partial charge in [0.1, 0.15) is 12.1 Å². The van der Waals surface area contributed by atoms with Gasteiger partial charge in [-0.25, -0.2) is 9.78 Å². The van der Waals surface area contributed by atoms with Crippen LogP contribution in [0.25, 0.3) is 0 Å². The van der Waals surface area contributed by atoms with Crippen LogP contribution in [0.15, 0.2) is 18.3 Å². The molecule has 18 heavy (non-hydrogen) atoms. The first-order valence-electron chi connectivity index (χ1n) is 6.08. The Hall–Kier alpha value is -2.09. The molecule has 0 radical (unpaired) electrons. The highest BCUT2D eigenvalue weighted by atomic mass is 16.4. The molecular formula is C13H15N3O2. The second-order valence-corrected chi connectivity index (χ2v) is 4.38. The maximum atomic E-state index is 11.3. The maximum Gasteiger partial charge on any atom is 0.326 e. The molecule has 0 saturated carbocycles. The van der Waals surface area contributed by atoms with Crippen molar-refractivity contribution in [1.82, 2.24) is 4.98 Å². The number of carboxylic acid groups (broad SMARTS) is 1. The number of rotatable bonds is 2. The summed E-state index contributed by atoms with van der Waals surface area (Å²) < 4.78 is 0. The Morgan fingerprint density at radius 3 is 3.06 bits per heavy atom. The molecular weight excluding hydrogens is 230 g/mol. The lowest BCUT2D eigenvalue weighted by atomic mass is 10.1. The fourth-order valence-corrected chi connectivity index (χ4v) is 2.37. The minimum Gasteiger partial charge on any atom is -0.480 e. The van der Waals surface area contributed by atoms with Gasteiger partial charge in [0.05, 0.1) is 5.69 Å². The van der Waals surface area contributed by atoms with E-state index < -0.39 is 12.0 Å². The standard InChI is InChI=1S/C13H15N3O2/c14-9-10-11(6-4-7-15-10)16-8-3-1-2-5-12(16)13(17)18/h4,6-7,12H,1-3,5,8H2,(H,17,18). The summed E-state index contributed by atoms with van der Waals surface area (Å²) in [6.45, 7) is 0.664. The van der Waals surface area contributed by atoms with Crippen molar-refractivity contribution in [2.75, 3.05) is 11.4 Å². The van der Waals surface area contributed by atoms with Crippen LogP contribution in [-0.2, 0) is 4.79 Å². The molecule has 1 fully saturated rings. The van der Waals surface area contributed by atoms with E-state index in [1.54, 1.807) is 23.2 Å². The number of nitrogens with zero attached hydrogens (tertiary/aromatic N) is 3. The molecule has 1 unspecified atom stereocenters. The number of aromatic nitrogens is 1. The molecule has 0 spiro atoms. The van der Waals surface area contributed by atoms with Crippen molar-refractivity contribution in [1.29, 1.82) is 5.26 Å². The molecule has 0 aromatic carbocycles. The van der Waals surface area contributed by atoms with Crippen molar-refractivity contribution in [3.63, 3.8) is 0 Å². The first-order valence-corrected chi connectivity index (χ1v) is 6.08. The first-order chi connectivity index (χ1) is 8.74. The summed E-state index contributed by atoms with van der Waals surface area (Å²) in [5, 5.41) is 18.4. The molecule has 1 atom stereocenters. The zero-order valence-corrected chi connectivity index (χ0v) is 10.0. The van der Waals surface area contributed by atoms with E-state index in [0.29, 0.717) is 24.3 Å². The van der Waals surface area contributed by atoms with Crippen LogP contribution < -0.4 is 4.90 Å². The molecule has 1 aromatic heterocycles. The van der Waals surface area contributed by atoms with Gasteiger partial charge in [0.15, 0.2) is 5.69 Å². The number of carboxylic acids is 1. The number of nitriles is 1. The molecule has 94 valence electrons. The number of carbonyl (C=O) groups is 1. The lowest BCUT2D eigenvalue weighted by Crippen LogP contribution is -2.41. The molecule has 2 rings (SSSR count). The first kappa shape index (κ1) is 12.4. The lowest BCUT2D eigenvalue weighted by molar-refractivity contribution is -0.138. The Balaban J connectivity index is 2.38. The van der Waals surface area contributed by atoms with Gasteiger partial charge in [-0.15, -0.1) is 0 Å². The minimum atomic E-state index is -0.829. The second kappa shape index (κ2) is 5.50. The molecule has 1 aliphatic rings. The molecule has 1 N–H and O–H groups in total. The van der Waals surface area contributed by atoms with Crippen LogP contribution in [0.1, 0.15) is 31.4 Å². The van der Waals surface area contributed by atoms with E-state index in [4.69, 9.17) is 5.26 Å². The van der Waals surface area contributed by atoms with Gasteiger partial charge in [0.25, 0.3) is 0 Å². The molecule has 1 aromatic rings. The monoisotopic (exact) mass is 245 g/mol. The van der Waals surface area contributed by atoms with Crippen LogP contribution >= 0.6 is 0 Å². The van der Waals surface area contributed by atoms with Crippen molar-refractivity contribution in [3.8, 4) is 6.07 Å². The molecule has 5 heteroatoms. The van der Waals surface area contributed by atoms with Crippen molar-refractivity contribution in [2.24, 2.45) is 0 Å². The number of hydrogen-bond donors (Lipinski definition) is 1. The summed E-state index contributed by atoms with van der Waals surface area (Å²) in [5.41, 5.74) is 0.931. The van der Waals surface area contributed by atoms with Crippen LogP contribution in [0, 0.1) is 11.3 Å². The molecule has 1 saturated heterocycles. The fourth-order valence-electron chi connectivity index (χ4n) is 2.37. The zero-order chi connectivity index (χ0) is 13.0. The van der Waals surface area contributed by atoms with Crippen LogP contribution in [0.4, 0.5) is 5.69 Å². The molecule has 2 heterocycles. The minimum absolute atomic E-state index is 0.297. The van der Waals surface area contributed by atoms with Crippen molar-refractivity contribution < 1.29 is 9.90 Å². The Morgan fingerprint density at radius 1 is 1.50 bits per heavy atom. The lowest BCUT2D eigenvalue weighted by Gasteiger charge is -2.29. The quantitative estimate of drug-likeness (QED) is 0.859. The predicted molar refractivity (Wildman–Crippen MR) is 66.2 cm³/mol. The van der Waals surface area contributed by atoms with Gasteiger partial charge in [-0.2, -0.15) is 5.26 Å². The van der Waals surface area contributed by atoms with E-state index in [-0.39, 0.29) is 0 Å². The molecule has 0 aliphatic carbocycles. The summed E-state index contributed by atoms with van der Waals surface area (Å²) in [6.07, 6.45) is 5.06. The number of anilines is 1. The van der Waals surface area contributed by atoms with Gasteiger partial charge in [0.2, 0.25) is 0 Å². The molecule has 5 nitrogen and oxygen atoms in total. The smallest absolute Gasteiger partial charge is 0.326 e. The van der Waals surface area contributed by atoms with E-state index in [1.165, 1.54) is 0 Å². The van der Waals surface area contributed by atoms with Gasteiger partial charge >= 0.3 is 5.97 Å². The summed E-state index contributed by atoms with van der Waals surface area (Å²) in [7, 11) is 0. The van der Waals surface area contributed by atoms with Crippen LogP contribution in [0.3, 0.4) is 0 Å². The highest BCUT2D eigenvalue weighted by Gasteiger charge is 2.28. The van der Waals surface area contributed by atoms with E-state index in [9.17, 15) is 9.90 Å². The average molecular weight is 245 g/mol. The van der Waals surface area contributed by atoms with Crippen molar-refractivity contribution in [3.05, 3.63) is 24.0 Å². The Bertz CT molecular complexity index is 481. The zero-order valence-electron chi connectivity index (χ0n) is 10.0. The third kappa shape index (κ3) is 2.43. The summed E-state index contributed by atoms with van der Waals surface area (Å²) >= 11 is 0. The Morgan fingerprint density at radius 2 is 2.33 bits per heavy atom. The summed E-state index contributed by atoms with van der Waals surface area (Å²) in [5.74, 6) is -0.829. The third-order valence-corrected chi connectivity index (χ3v) is 3.24. The Kier molecular flexibility index (Phi) is 3.78. The van der Waals surface area contributed by atoms with E-state index in [1.807, 2.05) is 6.07 Å². The largest absolute Gasteiger partial charge is 0.480 e. The highest BCUT2D eigenvalue weighted by molar-refractivity contribution is 5.79. The van der Waals surface area contributed by atoms with Gasteiger partial charge < -0.3 is 10.0 Å². The summed E-state index contributed by atoms with van der Waals surface area (Å²) in [6, 6.07) is 4.98. The predicted octanol–water partition coefficient (Wildman–Crippen LogP) is 1.79. The van der Waals surface area contributed by atoms with Crippen molar-refractivity contribution >= 4 is 11.7 Å². The van der Waals surface area contributed by atoms with E-state index >= 15 is 0 Å².